The number of hydrogen-bond donors (Lipinski definition) is 0. The quantitative estimate of drug-likeness (QED) is 0.432. The molecule has 184 valence electrons. The van der Waals surface area contributed by atoms with Gasteiger partial charge in [0.1, 0.15) is 11.3 Å². The molecule has 3 aromatic rings. The van der Waals surface area contributed by atoms with Gasteiger partial charge in [-0.15, -0.1) is 0 Å². The number of amides is 1. The Morgan fingerprint density at radius 2 is 1.77 bits per heavy atom. The van der Waals surface area contributed by atoms with E-state index >= 15 is 0 Å². The van der Waals surface area contributed by atoms with Crippen molar-refractivity contribution in [1.82, 2.24) is 9.80 Å². The number of carbonyl (C=O) groups excluding carboxylic acids is 2. The minimum absolute atomic E-state index is 0.0535. The number of nitrogens with zero attached hydrogens (tertiary/aromatic N) is 2. The molecule has 8 nitrogen and oxygen atoms in total. The Morgan fingerprint density at radius 1 is 1.06 bits per heavy atom. The first-order valence-corrected chi connectivity index (χ1v) is 11.9. The maximum absolute atomic E-state index is 13.7. The van der Waals surface area contributed by atoms with Crippen LogP contribution in [-0.4, -0.2) is 61.6 Å². The minimum Gasteiger partial charge on any atom is -0.494 e. The van der Waals surface area contributed by atoms with Gasteiger partial charge >= 0.3 is 5.97 Å². The molecule has 1 unspecified atom stereocenters. The molecule has 0 N–H and O–H groups in total. The SMILES string of the molecule is CCOc1ccc2c(=O)c3c(oc2c1)C(=O)N(CCN(CC)CC)C3c1ccc(C(=O)OC)cc1. The highest BCUT2D eigenvalue weighted by atomic mass is 16.5. The summed E-state index contributed by atoms with van der Waals surface area (Å²) in [4.78, 5) is 43.1. The molecule has 2 aromatic carbocycles. The van der Waals surface area contributed by atoms with Gasteiger partial charge in [-0.2, -0.15) is 0 Å². The molecule has 0 aliphatic carbocycles. The van der Waals surface area contributed by atoms with Crippen molar-refractivity contribution in [1.29, 1.82) is 0 Å². The van der Waals surface area contributed by atoms with E-state index in [4.69, 9.17) is 13.9 Å². The van der Waals surface area contributed by atoms with E-state index in [9.17, 15) is 14.4 Å². The number of methoxy groups -OCH3 is 1. The van der Waals surface area contributed by atoms with Crippen LogP contribution in [0.2, 0.25) is 0 Å². The van der Waals surface area contributed by atoms with Gasteiger partial charge < -0.3 is 23.7 Å². The van der Waals surface area contributed by atoms with Crippen molar-refractivity contribution < 1.29 is 23.5 Å². The van der Waals surface area contributed by atoms with Crippen LogP contribution in [0.4, 0.5) is 0 Å². The highest BCUT2D eigenvalue weighted by molar-refractivity contribution is 5.99. The topological polar surface area (TPSA) is 89.3 Å². The molecule has 0 bridgehead atoms. The molecule has 8 heteroatoms. The highest BCUT2D eigenvalue weighted by Crippen LogP contribution is 2.38. The lowest BCUT2D eigenvalue weighted by atomic mass is 9.97. The van der Waals surface area contributed by atoms with Gasteiger partial charge in [0, 0.05) is 19.2 Å². The number of fused-ring (bicyclic) bond motifs is 2. The third-order valence-electron chi connectivity index (χ3n) is 6.45. The van der Waals surface area contributed by atoms with Crippen molar-refractivity contribution in [2.45, 2.75) is 26.8 Å². The average Bonchev–Trinajstić information content (AvgIpc) is 3.16. The van der Waals surface area contributed by atoms with Gasteiger partial charge in [0.25, 0.3) is 5.91 Å². The molecule has 1 aliphatic rings. The molecule has 35 heavy (non-hydrogen) atoms. The fourth-order valence-electron chi connectivity index (χ4n) is 4.54. The Kier molecular flexibility index (Phi) is 7.21. The number of ether oxygens (including phenoxy) is 2. The predicted molar refractivity (Wildman–Crippen MR) is 132 cm³/mol. The summed E-state index contributed by atoms with van der Waals surface area (Å²) >= 11 is 0. The second-order valence-electron chi connectivity index (χ2n) is 8.31. The molecule has 1 aromatic heterocycles. The summed E-state index contributed by atoms with van der Waals surface area (Å²) in [5.74, 6) is -0.150. The Morgan fingerprint density at radius 3 is 2.40 bits per heavy atom. The maximum Gasteiger partial charge on any atom is 0.337 e. The van der Waals surface area contributed by atoms with Crippen molar-refractivity contribution >= 4 is 22.8 Å². The van der Waals surface area contributed by atoms with Crippen LogP contribution in [0.5, 0.6) is 5.75 Å². The molecular weight excluding hydrogens is 448 g/mol. The minimum atomic E-state index is -0.619. The first-order chi connectivity index (χ1) is 16.9. The van der Waals surface area contributed by atoms with E-state index in [2.05, 4.69) is 18.7 Å². The van der Waals surface area contributed by atoms with Crippen LogP contribution >= 0.6 is 0 Å². The highest BCUT2D eigenvalue weighted by Gasteiger charge is 2.42. The summed E-state index contributed by atoms with van der Waals surface area (Å²) in [6, 6.07) is 11.2. The first kappa shape index (κ1) is 24.5. The van der Waals surface area contributed by atoms with Crippen molar-refractivity contribution in [3.05, 3.63) is 75.1 Å². The number of carbonyl (C=O) groups is 2. The van der Waals surface area contributed by atoms with Gasteiger partial charge in [-0.25, -0.2) is 4.79 Å². The normalized spacial score (nSPS) is 15.1. The van der Waals surface area contributed by atoms with Crippen LogP contribution < -0.4 is 10.2 Å². The van der Waals surface area contributed by atoms with Gasteiger partial charge in [0.05, 0.1) is 36.3 Å². The van der Waals surface area contributed by atoms with Crippen LogP contribution in [0.1, 0.15) is 58.9 Å². The monoisotopic (exact) mass is 478 g/mol. The van der Waals surface area contributed by atoms with Crippen molar-refractivity contribution in [3.8, 4) is 5.75 Å². The second-order valence-corrected chi connectivity index (χ2v) is 8.31. The number of esters is 1. The van der Waals surface area contributed by atoms with Gasteiger partial charge in [-0.3, -0.25) is 9.59 Å². The zero-order valence-electron chi connectivity index (χ0n) is 20.5. The van der Waals surface area contributed by atoms with Gasteiger partial charge in [0.15, 0.2) is 5.43 Å². The first-order valence-electron chi connectivity index (χ1n) is 11.9. The van der Waals surface area contributed by atoms with Crippen LogP contribution in [0.15, 0.2) is 51.7 Å². The third kappa shape index (κ3) is 4.53. The van der Waals surface area contributed by atoms with E-state index in [1.54, 1.807) is 47.4 Å². The Labute approximate surface area is 204 Å². The zero-order valence-corrected chi connectivity index (χ0v) is 20.5. The second kappa shape index (κ2) is 10.3. The summed E-state index contributed by atoms with van der Waals surface area (Å²) in [5.41, 5.74) is 1.51. The van der Waals surface area contributed by atoms with Crippen LogP contribution in [0.3, 0.4) is 0 Å². The lowest BCUT2D eigenvalue weighted by Gasteiger charge is -2.28. The van der Waals surface area contributed by atoms with E-state index in [-0.39, 0.29) is 17.1 Å². The molecule has 0 fully saturated rings. The van der Waals surface area contributed by atoms with Gasteiger partial charge in [-0.1, -0.05) is 26.0 Å². The molecule has 1 aliphatic heterocycles. The Balaban J connectivity index is 1.84. The zero-order chi connectivity index (χ0) is 25.1. The van der Waals surface area contributed by atoms with Gasteiger partial charge in [-0.05, 0) is 49.8 Å². The molecule has 0 spiro atoms. The van der Waals surface area contributed by atoms with E-state index in [1.165, 1.54) is 7.11 Å². The average molecular weight is 479 g/mol. The summed E-state index contributed by atoms with van der Waals surface area (Å²) in [6.07, 6.45) is 0. The van der Waals surface area contributed by atoms with Crippen molar-refractivity contribution in [2.75, 3.05) is 39.9 Å². The molecular formula is C27H30N2O6. The summed E-state index contributed by atoms with van der Waals surface area (Å²) in [7, 11) is 1.32. The number of hydrogen-bond acceptors (Lipinski definition) is 7. The van der Waals surface area contributed by atoms with Crippen LogP contribution in [0.25, 0.3) is 11.0 Å². The van der Waals surface area contributed by atoms with E-state index in [0.717, 1.165) is 18.7 Å². The molecule has 1 atom stereocenters. The fraction of sp³-hybridized carbons (Fsp3) is 0.370. The van der Waals surface area contributed by atoms with Crippen LogP contribution in [-0.2, 0) is 4.74 Å². The van der Waals surface area contributed by atoms with Crippen LogP contribution in [0, 0.1) is 0 Å². The predicted octanol–water partition coefficient (Wildman–Crippen LogP) is 3.87. The molecule has 0 saturated carbocycles. The van der Waals surface area contributed by atoms with Crippen molar-refractivity contribution in [3.63, 3.8) is 0 Å². The Bertz CT molecular complexity index is 1290. The summed E-state index contributed by atoms with van der Waals surface area (Å²) < 4.78 is 16.4. The molecule has 1 amide bonds. The van der Waals surface area contributed by atoms with E-state index < -0.39 is 12.0 Å². The van der Waals surface area contributed by atoms with Crippen molar-refractivity contribution in [2.24, 2.45) is 0 Å². The number of likely N-dealkylation sites (N-methyl/N-ethyl adjacent to an activating group) is 1. The largest absolute Gasteiger partial charge is 0.494 e. The van der Waals surface area contributed by atoms with Gasteiger partial charge in [0.2, 0.25) is 5.76 Å². The molecule has 0 saturated heterocycles. The smallest absolute Gasteiger partial charge is 0.337 e. The van der Waals surface area contributed by atoms with E-state index in [1.807, 2.05) is 6.92 Å². The fourth-order valence-corrected chi connectivity index (χ4v) is 4.54. The van der Waals surface area contributed by atoms with E-state index in [0.29, 0.717) is 47.5 Å². The Hall–Kier alpha value is -3.65. The third-order valence-corrected chi connectivity index (χ3v) is 6.45. The number of benzene rings is 2. The lowest BCUT2D eigenvalue weighted by Crippen LogP contribution is -2.37. The summed E-state index contributed by atoms with van der Waals surface area (Å²) in [6.45, 7) is 9.27. The standard InChI is InChI=1S/C27H30N2O6/c1-5-28(6-2)14-15-29-23(17-8-10-18(11-9-17)27(32)33-4)22-24(30)20-13-12-19(34-7-3)16-21(20)35-25(22)26(29)31/h8-13,16,23H,5-7,14-15H2,1-4H3. The summed E-state index contributed by atoms with van der Waals surface area (Å²) in [5, 5.41) is 0.391. The lowest BCUT2D eigenvalue weighted by molar-refractivity contribution is 0.0599. The molecule has 0 radical (unpaired) electrons. The maximum atomic E-state index is 13.7. The molecule has 2 heterocycles. The number of rotatable bonds is 9. The molecule has 4 rings (SSSR count).